The molecule has 0 saturated carbocycles. The summed E-state index contributed by atoms with van der Waals surface area (Å²) in [5, 5.41) is 10.5. The highest BCUT2D eigenvalue weighted by Gasteiger charge is 2.07. The number of non-ortho nitro benzene ring substituents is 1. The topological polar surface area (TPSA) is 91.0 Å². The number of benzene rings is 1. The summed E-state index contributed by atoms with van der Waals surface area (Å²) in [5.74, 6) is 1.55. The van der Waals surface area contributed by atoms with Gasteiger partial charge in [-0.25, -0.2) is 4.98 Å². The number of nitro benzene ring substituents is 1. The lowest BCUT2D eigenvalue weighted by Crippen LogP contribution is -1.99. The molecule has 0 spiro atoms. The third-order valence-electron chi connectivity index (χ3n) is 2.10. The Morgan fingerprint density at radius 2 is 1.61 bits per heavy atom. The van der Waals surface area contributed by atoms with Gasteiger partial charge in [0.25, 0.3) is 5.69 Å². The average Bonchev–Trinajstić information content (AvgIpc) is 2.28. The van der Waals surface area contributed by atoms with Crippen molar-refractivity contribution in [3.8, 4) is 11.8 Å². The van der Waals surface area contributed by atoms with Crippen molar-refractivity contribution in [1.82, 2.24) is 15.0 Å². The molecule has 0 radical (unpaired) electrons. The number of aromatic nitrogens is 3. The van der Waals surface area contributed by atoms with Gasteiger partial charge < -0.3 is 4.74 Å². The zero-order valence-electron chi connectivity index (χ0n) is 9.82. The lowest BCUT2D eigenvalue weighted by Gasteiger charge is -2.04. The molecule has 1 aromatic heterocycles. The van der Waals surface area contributed by atoms with E-state index in [1.54, 1.807) is 13.8 Å². The molecule has 0 saturated heterocycles. The van der Waals surface area contributed by atoms with Crippen molar-refractivity contribution >= 4 is 5.69 Å². The maximum atomic E-state index is 10.5. The molecule has 7 nitrogen and oxygen atoms in total. The Morgan fingerprint density at radius 1 is 1.06 bits per heavy atom. The summed E-state index contributed by atoms with van der Waals surface area (Å²) >= 11 is 0. The van der Waals surface area contributed by atoms with Gasteiger partial charge in [-0.2, -0.15) is 9.97 Å². The van der Waals surface area contributed by atoms with Crippen LogP contribution in [0.15, 0.2) is 24.3 Å². The molecule has 0 N–H and O–H groups in total. The predicted octanol–water partition coefficient (Wildman–Crippen LogP) is 2.19. The summed E-state index contributed by atoms with van der Waals surface area (Å²) in [6, 6.07) is 5.87. The molecule has 7 heteroatoms. The fourth-order valence-corrected chi connectivity index (χ4v) is 1.37. The second-order valence-corrected chi connectivity index (χ2v) is 3.57. The first-order valence-electron chi connectivity index (χ1n) is 5.16. The molecular formula is C11H10N4O3. The van der Waals surface area contributed by atoms with E-state index in [4.69, 9.17) is 4.74 Å². The standard InChI is InChI=1S/C11H10N4O3/c1-7-12-8(2)14-11(13-7)18-10-5-3-9(4-6-10)15(16)17/h3-6H,1-2H3. The molecule has 0 bridgehead atoms. The Balaban J connectivity index is 2.20. The number of nitro groups is 1. The largest absolute Gasteiger partial charge is 0.424 e. The maximum Gasteiger partial charge on any atom is 0.325 e. The molecule has 0 atom stereocenters. The quantitative estimate of drug-likeness (QED) is 0.609. The smallest absolute Gasteiger partial charge is 0.325 e. The second kappa shape index (κ2) is 4.74. The fraction of sp³-hybridized carbons (Fsp3) is 0.182. The normalized spacial score (nSPS) is 10.1. The van der Waals surface area contributed by atoms with Crippen LogP contribution in [0.25, 0.3) is 0 Å². The molecule has 2 rings (SSSR count). The van der Waals surface area contributed by atoms with Crippen molar-refractivity contribution in [1.29, 1.82) is 0 Å². The second-order valence-electron chi connectivity index (χ2n) is 3.57. The van der Waals surface area contributed by atoms with Gasteiger partial charge in [-0.3, -0.25) is 10.1 Å². The minimum atomic E-state index is -0.471. The number of ether oxygens (including phenoxy) is 1. The lowest BCUT2D eigenvalue weighted by atomic mass is 10.3. The van der Waals surface area contributed by atoms with Crippen LogP contribution in [-0.2, 0) is 0 Å². The molecule has 0 amide bonds. The summed E-state index contributed by atoms with van der Waals surface area (Å²) in [7, 11) is 0. The zero-order chi connectivity index (χ0) is 13.1. The van der Waals surface area contributed by atoms with E-state index in [0.29, 0.717) is 17.4 Å². The highest BCUT2D eigenvalue weighted by atomic mass is 16.6. The third-order valence-corrected chi connectivity index (χ3v) is 2.10. The summed E-state index contributed by atoms with van der Waals surface area (Å²) in [5.41, 5.74) is 0.00496. The van der Waals surface area contributed by atoms with Crippen molar-refractivity contribution in [3.05, 3.63) is 46.0 Å². The van der Waals surface area contributed by atoms with Gasteiger partial charge in [0.05, 0.1) is 4.92 Å². The predicted molar refractivity (Wildman–Crippen MR) is 62.5 cm³/mol. The molecule has 0 aliphatic carbocycles. The van der Waals surface area contributed by atoms with Crippen LogP contribution in [0.5, 0.6) is 11.8 Å². The first kappa shape index (κ1) is 11.9. The lowest BCUT2D eigenvalue weighted by molar-refractivity contribution is -0.384. The van der Waals surface area contributed by atoms with Crippen molar-refractivity contribution in [2.75, 3.05) is 0 Å². The van der Waals surface area contributed by atoms with Crippen molar-refractivity contribution in [2.24, 2.45) is 0 Å². The molecule has 0 unspecified atom stereocenters. The van der Waals surface area contributed by atoms with Gasteiger partial charge >= 0.3 is 6.01 Å². The van der Waals surface area contributed by atoms with Crippen LogP contribution >= 0.6 is 0 Å². The fourth-order valence-electron chi connectivity index (χ4n) is 1.37. The number of hydrogen-bond acceptors (Lipinski definition) is 6. The SMILES string of the molecule is Cc1nc(C)nc(Oc2ccc([N+](=O)[O-])cc2)n1. The summed E-state index contributed by atoms with van der Waals surface area (Å²) in [4.78, 5) is 22.1. The van der Waals surface area contributed by atoms with Crippen LogP contribution in [0, 0.1) is 24.0 Å². The minimum Gasteiger partial charge on any atom is -0.424 e. The van der Waals surface area contributed by atoms with E-state index in [1.807, 2.05) is 0 Å². The molecule has 0 aliphatic rings. The first-order chi connectivity index (χ1) is 8.54. The summed E-state index contributed by atoms with van der Waals surface area (Å²) < 4.78 is 5.39. The average molecular weight is 246 g/mol. The zero-order valence-corrected chi connectivity index (χ0v) is 9.82. The van der Waals surface area contributed by atoms with E-state index in [-0.39, 0.29) is 11.7 Å². The van der Waals surface area contributed by atoms with Crippen molar-refractivity contribution in [3.63, 3.8) is 0 Å². The van der Waals surface area contributed by atoms with Crippen LogP contribution in [0.1, 0.15) is 11.6 Å². The van der Waals surface area contributed by atoms with Gasteiger partial charge in [0.15, 0.2) is 0 Å². The van der Waals surface area contributed by atoms with E-state index in [1.165, 1.54) is 24.3 Å². The molecule has 18 heavy (non-hydrogen) atoms. The minimum absolute atomic E-state index is 0.00496. The van der Waals surface area contributed by atoms with E-state index < -0.39 is 4.92 Å². The van der Waals surface area contributed by atoms with E-state index in [9.17, 15) is 10.1 Å². The molecule has 92 valence electrons. The Bertz CT molecular complexity index is 563. The molecule has 0 aliphatic heterocycles. The summed E-state index contributed by atoms with van der Waals surface area (Å²) in [6.45, 7) is 3.47. The molecule has 2 aromatic rings. The van der Waals surface area contributed by atoms with Gasteiger partial charge in [0.2, 0.25) is 0 Å². The molecule has 1 aromatic carbocycles. The summed E-state index contributed by atoms with van der Waals surface area (Å²) in [6.07, 6.45) is 0. The van der Waals surface area contributed by atoms with Gasteiger partial charge in [0.1, 0.15) is 17.4 Å². The number of hydrogen-bond donors (Lipinski definition) is 0. The van der Waals surface area contributed by atoms with Crippen LogP contribution in [-0.4, -0.2) is 19.9 Å². The van der Waals surface area contributed by atoms with Crippen LogP contribution in [0.4, 0.5) is 5.69 Å². The Morgan fingerprint density at radius 3 is 2.11 bits per heavy atom. The maximum absolute atomic E-state index is 10.5. The van der Waals surface area contributed by atoms with Gasteiger partial charge in [0, 0.05) is 12.1 Å². The van der Waals surface area contributed by atoms with Gasteiger partial charge in [-0.1, -0.05) is 0 Å². The molecular weight excluding hydrogens is 236 g/mol. The van der Waals surface area contributed by atoms with Crippen molar-refractivity contribution in [2.45, 2.75) is 13.8 Å². The molecule has 1 heterocycles. The number of aryl methyl sites for hydroxylation is 2. The van der Waals surface area contributed by atoms with Crippen LogP contribution < -0.4 is 4.74 Å². The number of rotatable bonds is 3. The van der Waals surface area contributed by atoms with Gasteiger partial charge in [-0.05, 0) is 26.0 Å². The third kappa shape index (κ3) is 2.76. The first-order valence-corrected chi connectivity index (χ1v) is 5.16. The van der Waals surface area contributed by atoms with Crippen molar-refractivity contribution < 1.29 is 9.66 Å². The number of nitrogens with zero attached hydrogens (tertiary/aromatic N) is 4. The Kier molecular flexibility index (Phi) is 3.13. The Hall–Kier alpha value is -2.57. The van der Waals surface area contributed by atoms with E-state index >= 15 is 0 Å². The van der Waals surface area contributed by atoms with E-state index in [0.717, 1.165) is 0 Å². The molecule has 0 fully saturated rings. The van der Waals surface area contributed by atoms with Crippen LogP contribution in [0.2, 0.25) is 0 Å². The monoisotopic (exact) mass is 246 g/mol. The highest BCUT2D eigenvalue weighted by molar-refractivity contribution is 5.36. The highest BCUT2D eigenvalue weighted by Crippen LogP contribution is 2.21. The van der Waals surface area contributed by atoms with Gasteiger partial charge in [-0.15, -0.1) is 0 Å². The van der Waals surface area contributed by atoms with Crippen LogP contribution in [0.3, 0.4) is 0 Å². The van der Waals surface area contributed by atoms with E-state index in [2.05, 4.69) is 15.0 Å². The Labute approximate surface area is 103 Å².